The molecule has 0 saturated heterocycles. The number of hydrogen-bond donors (Lipinski definition) is 2. The Bertz CT molecular complexity index is 779. The van der Waals surface area contributed by atoms with Gasteiger partial charge >= 0.3 is 0 Å². The lowest BCUT2D eigenvalue weighted by atomic mass is 9.99. The van der Waals surface area contributed by atoms with Crippen LogP contribution in [0.4, 0.5) is 0 Å². The highest BCUT2D eigenvalue weighted by atomic mass is 16.7. The van der Waals surface area contributed by atoms with Gasteiger partial charge in [-0.1, -0.05) is 39.3 Å². The fraction of sp³-hybridized carbons (Fsp3) is 0.619. The zero-order valence-corrected chi connectivity index (χ0v) is 17.6. The largest absolute Gasteiger partial charge is 0.454 e. The molecule has 1 aromatic heterocycles. The van der Waals surface area contributed by atoms with Crippen LogP contribution in [0.2, 0.25) is 0 Å². The summed E-state index contributed by atoms with van der Waals surface area (Å²) in [6, 6.07) is 5.41. The van der Waals surface area contributed by atoms with E-state index >= 15 is 0 Å². The molecule has 1 aliphatic rings. The van der Waals surface area contributed by atoms with Gasteiger partial charge in [0.1, 0.15) is 0 Å². The Morgan fingerprint density at radius 1 is 1.17 bits per heavy atom. The van der Waals surface area contributed by atoms with Gasteiger partial charge in [-0.2, -0.15) is 4.98 Å². The minimum Gasteiger partial charge on any atom is -0.454 e. The summed E-state index contributed by atoms with van der Waals surface area (Å²) in [7, 11) is 0. The lowest BCUT2D eigenvalue weighted by molar-refractivity contribution is 0.0234. The summed E-state index contributed by atoms with van der Waals surface area (Å²) in [5, 5.41) is 17.7. The SMILES string of the molecule is CC[C@H](C)[C@H](NC[C@@H](O)COCC(C)C)c1nc(-c2ccc3c(c2)OCO3)no1. The van der Waals surface area contributed by atoms with Crippen LogP contribution in [-0.4, -0.2) is 47.9 Å². The van der Waals surface area contributed by atoms with Crippen molar-refractivity contribution in [2.24, 2.45) is 11.8 Å². The smallest absolute Gasteiger partial charge is 0.244 e. The number of rotatable bonds is 11. The summed E-state index contributed by atoms with van der Waals surface area (Å²) in [6.07, 6.45) is 0.329. The average molecular weight is 405 g/mol. The van der Waals surface area contributed by atoms with E-state index in [0.29, 0.717) is 48.9 Å². The van der Waals surface area contributed by atoms with Crippen LogP contribution in [-0.2, 0) is 4.74 Å². The normalized spacial score (nSPS) is 16.2. The molecule has 3 rings (SSSR count). The summed E-state index contributed by atoms with van der Waals surface area (Å²) < 4.78 is 21.8. The molecule has 2 heterocycles. The fourth-order valence-corrected chi connectivity index (χ4v) is 3.04. The molecule has 0 unspecified atom stereocenters. The fourth-order valence-electron chi connectivity index (χ4n) is 3.04. The van der Waals surface area contributed by atoms with E-state index in [9.17, 15) is 5.11 Å². The van der Waals surface area contributed by atoms with Crippen LogP contribution < -0.4 is 14.8 Å². The second-order valence-corrected chi connectivity index (χ2v) is 7.88. The van der Waals surface area contributed by atoms with E-state index < -0.39 is 6.10 Å². The highest BCUT2D eigenvalue weighted by Gasteiger charge is 2.25. The number of benzene rings is 1. The van der Waals surface area contributed by atoms with E-state index in [0.717, 1.165) is 12.0 Å². The van der Waals surface area contributed by atoms with Crippen LogP contribution in [0.1, 0.15) is 46.0 Å². The first-order valence-corrected chi connectivity index (χ1v) is 10.2. The third kappa shape index (κ3) is 5.68. The predicted molar refractivity (Wildman–Crippen MR) is 108 cm³/mol. The number of aromatic nitrogens is 2. The van der Waals surface area contributed by atoms with Crippen molar-refractivity contribution < 1.29 is 23.8 Å². The lowest BCUT2D eigenvalue weighted by Crippen LogP contribution is -2.36. The van der Waals surface area contributed by atoms with E-state index in [-0.39, 0.29) is 18.8 Å². The molecule has 3 atom stereocenters. The molecule has 29 heavy (non-hydrogen) atoms. The van der Waals surface area contributed by atoms with Gasteiger partial charge in [-0.15, -0.1) is 0 Å². The third-order valence-electron chi connectivity index (χ3n) is 4.89. The van der Waals surface area contributed by atoms with Crippen molar-refractivity contribution in [2.45, 2.75) is 46.3 Å². The zero-order valence-electron chi connectivity index (χ0n) is 17.6. The molecule has 2 aromatic rings. The Morgan fingerprint density at radius 3 is 2.72 bits per heavy atom. The molecular weight excluding hydrogens is 374 g/mol. The lowest BCUT2D eigenvalue weighted by Gasteiger charge is -2.22. The molecule has 0 spiro atoms. The molecule has 0 saturated carbocycles. The average Bonchev–Trinajstić information content (AvgIpc) is 3.36. The highest BCUT2D eigenvalue weighted by Crippen LogP contribution is 2.35. The number of nitrogens with one attached hydrogen (secondary N) is 1. The van der Waals surface area contributed by atoms with Gasteiger partial charge in [0.25, 0.3) is 0 Å². The Kier molecular flexibility index (Phi) is 7.46. The first-order valence-electron chi connectivity index (χ1n) is 10.2. The Labute approximate surface area is 171 Å². The molecule has 1 aliphatic heterocycles. The van der Waals surface area contributed by atoms with Gasteiger partial charge in [0.15, 0.2) is 11.5 Å². The maximum Gasteiger partial charge on any atom is 0.244 e. The molecule has 0 radical (unpaired) electrons. The van der Waals surface area contributed by atoms with Crippen molar-refractivity contribution >= 4 is 0 Å². The van der Waals surface area contributed by atoms with Crippen LogP contribution in [0.3, 0.4) is 0 Å². The van der Waals surface area contributed by atoms with Crippen molar-refractivity contribution in [1.82, 2.24) is 15.5 Å². The van der Waals surface area contributed by atoms with Gasteiger partial charge in [0.2, 0.25) is 18.5 Å². The number of fused-ring (bicyclic) bond motifs is 1. The van der Waals surface area contributed by atoms with E-state index in [1.165, 1.54) is 0 Å². The Hall–Kier alpha value is -2.16. The number of ether oxygens (including phenoxy) is 3. The van der Waals surface area contributed by atoms with E-state index in [4.69, 9.17) is 18.7 Å². The van der Waals surface area contributed by atoms with Crippen LogP contribution in [0.5, 0.6) is 11.5 Å². The Morgan fingerprint density at radius 2 is 1.97 bits per heavy atom. The van der Waals surface area contributed by atoms with Crippen LogP contribution in [0, 0.1) is 11.8 Å². The maximum atomic E-state index is 10.2. The molecule has 1 aromatic carbocycles. The van der Waals surface area contributed by atoms with E-state index in [1.807, 2.05) is 18.2 Å². The van der Waals surface area contributed by atoms with Crippen molar-refractivity contribution in [3.05, 3.63) is 24.1 Å². The van der Waals surface area contributed by atoms with Gasteiger partial charge < -0.3 is 29.2 Å². The van der Waals surface area contributed by atoms with Crippen molar-refractivity contribution in [3.63, 3.8) is 0 Å². The first kappa shape index (κ1) is 21.5. The summed E-state index contributed by atoms with van der Waals surface area (Å²) in [6.45, 7) is 9.92. The van der Waals surface area contributed by atoms with Gasteiger partial charge in [-0.05, 0) is 30.0 Å². The summed E-state index contributed by atoms with van der Waals surface area (Å²) in [4.78, 5) is 4.59. The second-order valence-electron chi connectivity index (χ2n) is 7.88. The maximum absolute atomic E-state index is 10.2. The summed E-state index contributed by atoms with van der Waals surface area (Å²) in [5.74, 6) is 3.08. The van der Waals surface area contributed by atoms with E-state index in [1.54, 1.807) is 0 Å². The van der Waals surface area contributed by atoms with Crippen molar-refractivity contribution in [2.75, 3.05) is 26.6 Å². The standard InChI is InChI=1S/C21H31N3O5/c1-5-14(4)19(22-9-16(25)11-26-10-13(2)3)21-23-20(24-29-21)15-6-7-17-18(8-15)28-12-27-17/h6-8,13-14,16,19,22,25H,5,9-12H2,1-4H3/t14-,16+,19-/m0/s1. The topological polar surface area (TPSA) is 98.9 Å². The number of nitrogens with zero attached hydrogens (tertiary/aromatic N) is 2. The monoisotopic (exact) mass is 405 g/mol. The minimum atomic E-state index is -0.600. The van der Waals surface area contributed by atoms with Gasteiger partial charge in [-0.3, -0.25) is 0 Å². The number of aliphatic hydroxyl groups excluding tert-OH is 1. The molecule has 0 bridgehead atoms. The number of hydrogen-bond acceptors (Lipinski definition) is 8. The molecule has 160 valence electrons. The quantitative estimate of drug-likeness (QED) is 0.588. The van der Waals surface area contributed by atoms with Crippen molar-refractivity contribution in [3.8, 4) is 22.9 Å². The predicted octanol–water partition coefficient (Wildman–Crippen LogP) is 3.18. The number of aliphatic hydroxyl groups is 1. The van der Waals surface area contributed by atoms with Gasteiger partial charge in [0.05, 0.1) is 18.8 Å². The molecule has 0 fully saturated rings. The minimum absolute atomic E-state index is 0.157. The molecule has 2 N–H and O–H groups in total. The van der Waals surface area contributed by atoms with Crippen molar-refractivity contribution in [1.29, 1.82) is 0 Å². The molecule has 8 nitrogen and oxygen atoms in total. The summed E-state index contributed by atoms with van der Waals surface area (Å²) in [5.41, 5.74) is 0.800. The van der Waals surface area contributed by atoms with Gasteiger partial charge in [0, 0.05) is 18.7 Å². The molecule has 8 heteroatoms. The molecule has 0 amide bonds. The zero-order chi connectivity index (χ0) is 20.8. The van der Waals surface area contributed by atoms with Gasteiger partial charge in [-0.25, -0.2) is 0 Å². The van der Waals surface area contributed by atoms with E-state index in [2.05, 4.69) is 43.2 Å². The second kappa shape index (κ2) is 10.0. The van der Waals surface area contributed by atoms with Crippen LogP contribution in [0.15, 0.2) is 22.7 Å². The highest BCUT2D eigenvalue weighted by molar-refractivity contribution is 5.61. The first-order chi connectivity index (χ1) is 14.0. The van der Waals surface area contributed by atoms with Crippen LogP contribution >= 0.6 is 0 Å². The third-order valence-corrected chi connectivity index (χ3v) is 4.89. The summed E-state index contributed by atoms with van der Waals surface area (Å²) >= 11 is 0. The molecular formula is C21H31N3O5. The molecule has 0 aliphatic carbocycles. The Balaban J connectivity index is 1.65. The van der Waals surface area contributed by atoms with Crippen LogP contribution in [0.25, 0.3) is 11.4 Å².